The summed E-state index contributed by atoms with van der Waals surface area (Å²) in [5.41, 5.74) is 6.97. The van der Waals surface area contributed by atoms with E-state index in [0.717, 1.165) is 39.9 Å². The minimum absolute atomic E-state index is 0.916. The Bertz CT molecular complexity index is 1060. The van der Waals surface area contributed by atoms with Crippen molar-refractivity contribution in [2.24, 2.45) is 9.98 Å². The molecule has 4 heteroatoms. The van der Waals surface area contributed by atoms with Crippen molar-refractivity contribution in [1.29, 1.82) is 0 Å². The van der Waals surface area contributed by atoms with Crippen LogP contribution in [0.4, 0.5) is 28.4 Å². The first kappa shape index (κ1) is 18.4. The van der Waals surface area contributed by atoms with Gasteiger partial charge in [-0.05, 0) is 85.0 Å². The largest absolute Gasteiger partial charge is 0.356 e. The van der Waals surface area contributed by atoms with E-state index < -0.39 is 0 Å². The predicted molar refractivity (Wildman–Crippen MR) is 125 cm³/mol. The summed E-state index contributed by atoms with van der Waals surface area (Å²) in [6, 6.07) is 26.5. The molecule has 4 rings (SSSR count). The molecule has 3 aromatic carbocycles. The van der Waals surface area contributed by atoms with E-state index in [0.29, 0.717) is 0 Å². The van der Waals surface area contributed by atoms with Crippen molar-refractivity contribution in [2.45, 2.75) is 0 Å². The van der Waals surface area contributed by atoms with Crippen LogP contribution in [0.1, 0.15) is 0 Å². The van der Waals surface area contributed by atoms with E-state index in [9.17, 15) is 0 Å². The monoisotopic (exact) mass is 378 g/mol. The Hall–Kier alpha value is -3.92. The highest BCUT2D eigenvalue weighted by molar-refractivity contribution is 6.18. The number of benzene rings is 3. The molecule has 0 fully saturated rings. The number of para-hydroxylation sites is 1. The Morgan fingerprint density at radius 2 is 0.966 bits per heavy atom. The molecule has 0 aliphatic heterocycles. The van der Waals surface area contributed by atoms with Gasteiger partial charge in [0.15, 0.2) is 0 Å². The second-order valence-electron chi connectivity index (χ2n) is 6.59. The van der Waals surface area contributed by atoms with E-state index in [2.05, 4.69) is 44.9 Å². The van der Waals surface area contributed by atoms with Crippen molar-refractivity contribution in [2.75, 3.05) is 17.7 Å². The number of hydrogen-bond acceptors (Lipinski definition) is 4. The molecule has 4 nitrogen and oxygen atoms in total. The average Bonchev–Trinajstić information content (AvgIpc) is 2.78. The van der Waals surface area contributed by atoms with Crippen LogP contribution in [-0.2, 0) is 0 Å². The van der Waals surface area contributed by atoms with E-state index in [1.54, 1.807) is 7.05 Å². The molecule has 0 aromatic heterocycles. The summed E-state index contributed by atoms with van der Waals surface area (Å²) >= 11 is 0. The van der Waals surface area contributed by atoms with Gasteiger partial charge in [-0.2, -0.15) is 0 Å². The van der Waals surface area contributed by atoms with Crippen LogP contribution in [0.5, 0.6) is 0 Å². The van der Waals surface area contributed by atoms with Crippen LogP contribution in [0.25, 0.3) is 0 Å². The maximum atomic E-state index is 4.64. The number of nitrogens with zero attached hydrogens (tertiary/aromatic N) is 2. The SMILES string of the molecule is CN=C1C=CC(=Nc2ccc(Nc3ccc(Nc4ccccc4)cc3)cc2)C=C1. The Labute approximate surface area is 171 Å². The third-order valence-corrected chi connectivity index (χ3v) is 4.47. The molecule has 2 N–H and O–H groups in total. The summed E-state index contributed by atoms with van der Waals surface area (Å²) in [4.78, 5) is 8.78. The molecule has 0 heterocycles. The molecule has 142 valence electrons. The molecule has 0 saturated heterocycles. The summed E-state index contributed by atoms with van der Waals surface area (Å²) < 4.78 is 0. The molecule has 0 radical (unpaired) electrons. The number of rotatable bonds is 5. The zero-order valence-corrected chi connectivity index (χ0v) is 16.2. The minimum atomic E-state index is 0.916. The van der Waals surface area contributed by atoms with Gasteiger partial charge in [0.05, 0.1) is 17.1 Å². The van der Waals surface area contributed by atoms with Crippen LogP contribution < -0.4 is 10.6 Å². The molecule has 0 saturated carbocycles. The Kier molecular flexibility index (Phi) is 5.63. The van der Waals surface area contributed by atoms with Gasteiger partial charge in [-0.25, -0.2) is 4.99 Å². The van der Waals surface area contributed by atoms with Gasteiger partial charge in [0.25, 0.3) is 0 Å². The van der Waals surface area contributed by atoms with Crippen LogP contribution in [0.15, 0.2) is 113 Å². The smallest absolute Gasteiger partial charge is 0.0638 e. The first-order valence-corrected chi connectivity index (χ1v) is 9.49. The zero-order chi connectivity index (χ0) is 19.9. The molecule has 0 spiro atoms. The van der Waals surface area contributed by atoms with Crippen LogP contribution in [0.2, 0.25) is 0 Å². The quantitative estimate of drug-likeness (QED) is 0.502. The van der Waals surface area contributed by atoms with E-state index in [4.69, 9.17) is 0 Å². The molecule has 0 amide bonds. The lowest BCUT2D eigenvalue weighted by atomic mass is 10.1. The van der Waals surface area contributed by atoms with E-state index in [1.807, 2.05) is 78.9 Å². The van der Waals surface area contributed by atoms with Crippen molar-refractivity contribution in [3.63, 3.8) is 0 Å². The molecule has 1 aliphatic rings. The second-order valence-corrected chi connectivity index (χ2v) is 6.59. The standard InChI is InChI=1S/C25H22N4/c1-26-19-7-9-21(10-8-19)28-23-15-17-25(18-16-23)29-24-13-11-22(12-14-24)27-20-5-3-2-4-6-20/h2-18,27,29H,1H3. The molecule has 3 aromatic rings. The number of aliphatic imine (C=N–C) groups is 2. The van der Waals surface area contributed by atoms with Crippen LogP contribution in [0.3, 0.4) is 0 Å². The van der Waals surface area contributed by atoms with Gasteiger partial charge in [-0.1, -0.05) is 18.2 Å². The van der Waals surface area contributed by atoms with Crippen molar-refractivity contribution < 1.29 is 0 Å². The van der Waals surface area contributed by atoms with Gasteiger partial charge < -0.3 is 10.6 Å². The van der Waals surface area contributed by atoms with Crippen LogP contribution in [0, 0.1) is 0 Å². The highest BCUT2D eigenvalue weighted by Crippen LogP contribution is 2.23. The predicted octanol–water partition coefficient (Wildman–Crippen LogP) is 6.44. The van der Waals surface area contributed by atoms with Gasteiger partial charge in [-0.3, -0.25) is 4.99 Å². The third kappa shape index (κ3) is 5.08. The molecule has 29 heavy (non-hydrogen) atoms. The minimum Gasteiger partial charge on any atom is -0.356 e. The summed E-state index contributed by atoms with van der Waals surface area (Å²) in [7, 11) is 1.78. The van der Waals surface area contributed by atoms with Gasteiger partial charge in [0, 0.05) is 29.8 Å². The molecule has 0 unspecified atom stereocenters. The summed E-state index contributed by atoms with van der Waals surface area (Å²) in [6.45, 7) is 0. The normalized spacial score (nSPS) is 12.6. The van der Waals surface area contributed by atoms with Crippen molar-refractivity contribution >= 4 is 39.9 Å². The maximum absolute atomic E-state index is 4.64. The van der Waals surface area contributed by atoms with Gasteiger partial charge >= 0.3 is 0 Å². The number of nitrogens with one attached hydrogen (secondary N) is 2. The first-order valence-electron chi connectivity index (χ1n) is 9.49. The fourth-order valence-electron chi connectivity index (χ4n) is 2.94. The second kappa shape index (κ2) is 8.85. The van der Waals surface area contributed by atoms with E-state index in [-0.39, 0.29) is 0 Å². The Morgan fingerprint density at radius 3 is 1.48 bits per heavy atom. The summed E-state index contributed by atoms with van der Waals surface area (Å²) in [5.74, 6) is 0. The fourth-order valence-corrected chi connectivity index (χ4v) is 2.94. The van der Waals surface area contributed by atoms with Crippen LogP contribution in [-0.4, -0.2) is 18.5 Å². The van der Waals surface area contributed by atoms with Crippen LogP contribution >= 0.6 is 0 Å². The van der Waals surface area contributed by atoms with Crippen molar-refractivity contribution in [3.8, 4) is 0 Å². The Balaban J connectivity index is 1.38. The van der Waals surface area contributed by atoms with Gasteiger partial charge in [0.2, 0.25) is 0 Å². The van der Waals surface area contributed by atoms with E-state index in [1.165, 1.54) is 0 Å². The van der Waals surface area contributed by atoms with Gasteiger partial charge in [-0.15, -0.1) is 0 Å². The molecular formula is C25H22N4. The highest BCUT2D eigenvalue weighted by Gasteiger charge is 2.00. The lowest BCUT2D eigenvalue weighted by Crippen LogP contribution is -1.99. The molecular weight excluding hydrogens is 356 g/mol. The zero-order valence-electron chi connectivity index (χ0n) is 16.2. The van der Waals surface area contributed by atoms with E-state index >= 15 is 0 Å². The molecule has 1 aliphatic carbocycles. The lowest BCUT2D eigenvalue weighted by Gasteiger charge is -2.10. The Morgan fingerprint density at radius 1 is 0.517 bits per heavy atom. The molecule has 0 atom stereocenters. The fraction of sp³-hybridized carbons (Fsp3) is 0.0400. The number of allylic oxidation sites excluding steroid dienone is 4. The molecule has 0 bridgehead atoms. The number of hydrogen-bond donors (Lipinski definition) is 2. The topological polar surface area (TPSA) is 48.8 Å². The average molecular weight is 378 g/mol. The number of anilines is 4. The maximum Gasteiger partial charge on any atom is 0.0638 e. The summed E-state index contributed by atoms with van der Waals surface area (Å²) in [6.07, 6.45) is 7.87. The lowest BCUT2D eigenvalue weighted by molar-refractivity contribution is 1.45. The first-order chi connectivity index (χ1) is 14.3. The van der Waals surface area contributed by atoms with Crippen molar-refractivity contribution in [1.82, 2.24) is 0 Å². The third-order valence-electron chi connectivity index (χ3n) is 4.47. The van der Waals surface area contributed by atoms with Crippen molar-refractivity contribution in [3.05, 3.63) is 103 Å². The highest BCUT2D eigenvalue weighted by atomic mass is 14.9. The van der Waals surface area contributed by atoms with Gasteiger partial charge in [0.1, 0.15) is 0 Å². The summed E-state index contributed by atoms with van der Waals surface area (Å²) in [5, 5.41) is 6.81.